The average Bonchev–Trinajstić information content (AvgIpc) is 3.10. The molecule has 27 heavy (non-hydrogen) atoms. The molecule has 0 radical (unpaired) electrons. The fourth-order valence-electron chi connectivity index (χ4n) is 2.94. The van der Waals surface area contributed by atoms with Crippen molar-refractivity contribution in [1.29, 1.82) is 0 Å². The summed E-state index contributed by atoms with van der Waals surface area (Å²) in [7, 11) is 0. The predicted molar refractivity (Wildman–Crippen MR) is 103 cm³/mol. The van der Waals surface area contributed by atoms with Crippen LogP contribution in [-0.4, -0.2) is 29.7 Å². The zero-order chi connectivity index (χ0) is 19.2. The highest BCUT2D eigenvalue weighted by Gasteiger charge is 2.29. The van der Waals surface area contributed by atoms with Crippen LogP contribution in [-0.2, 0) is 9.47 Å². The Bertz CT molecular complexity index is 854. The van der Waals surface area contributed by atoms with E-state index in [9.17, 15) is 9.59 Å². The minimum atomic E-state index is -0.563. The summed E-state index contributed by atoms with van der Waals surface area (Å²) in [5.74, 6) is -1.11. The summed E-state index contributed by atoms with van der Waals surface area (Å²) in [5.41, 5.74) is 2.58. The van der Waals surface area contributed by atoms with Gasteiger partial charge >= 0.3 is 11.9 Å². The molecule has 0 aliphatic heterocycles. The lowest BCUT2D eigenvalue weighted by atomic mass is 10.0. The minimum Gasteiger partial charge on any atom is -0.462 e. The monoisotopic (exact) mass is 363 g/mol. The van der Waals surface area contributed by atoms with Crippen LogP contribution in [0.15, 0.2) is 66.9 Å². The fraction of sp³-hybridized carbons (Fsp3) is 0.182. The molecule has 5 heteroatoms. The van der Waals surface area contributed by atoms with Gasteiger partial charge in [0.05, 0.1) is 13.2 Å². The number of carbonyl (C=O) groups excluding carboxylic acids is 2. The Morgan fingerprint density at radius 3 is 1.96 bits per heavy atom. The number of para-hydroxylation sites is 1. The number of hydrogen-bond acceptors (Lipinski definition) is 4. The summed E-state index contributed by atoms with van der Waals surface area (Å²) in [4.78, 5) is 25.5. The Morgan fingerprint density at radius 1 is 0.815 bits per heavy atom. The van der Waals surface area contributed by atoms with Crippen molar-refractivity contribution in [1.82, 2.24) is 4.57 Å². The number of hydrogen-bond donors (Lipinski definition) is 0. The summed E-state index contributed by atoms with van der Waals surface area (Å²) < 4.78 is 12.2. The first-order valence-electron chi connectivity index (χ1n) is 8.87. The van der Waals surface area contributed by atoms with Crippen LogP contribution in [0.1, 0.15) is 34.7 Å². The van der Waals surface area contributed by atoms with E-state index >= 15 is 0 Å². The molecule has 0 atom stereocenters. The van der Waals surface area contributed by atoms with Crippen LogP contribution in [0, 0.1) is 0 Å². The van der Waals surface area contributed by atoms with Gasteiger partial charge in [-0.1, -0.05) is 48.5 Å². The molecule has 3 aromatic rings. The van der Waals surface area contributed by atoms with E-state index in [1.807, 2.05) is 60.7 Å². The molecule has 0 saturated carbocycles. The summed E-state index contributed by atoms with van der Waals surface area (Å²) >= 11 is 0. The van der Waals surface area contributed by atoms with Crippen molar-refractivity contribution in [2.75, 3.05) is 13.2 Å². The fourth-order valence-corrected chi connectivity index (χ4v) is 2.94. The van der Waals surface area contributed by atoms with E-state index < -0.39 is 11.9 Å². The Hall–Kier alpha value is -3.34. The van der Waals surface area contributed by atoms with E-state index in [2.05, 4.69) is 0 Å². The summed E-state index contributed by atoms with van der Waals surface area (Å²) in [5, 5.41) is 0. The second kappa shape index (κ2) is 8.36. The van der Waals surface area contributed by atoms with Gasteiger partial charge < -0.3 is 14.0 Å². The van der Waals surface area contributed by atoms with Crippen molar-refractivity contribution in [2.24, 2.45) is 0 Å². The van der Waals surface area contributed by atoms with Crippen LogP contribution in [0.5, 0.6) is 0 Å². The Morgan fingerprint density at radius 2 is 1.37 bits per heavy atom. The van der Waals surface area contributed by atoms with E-state index in [-0.39, 0.29) is 24.5 Å². The number of nitrogens with zero attached hydrogens (tertiary/aromatic N) is 1. The molecule has 0 amide bonds. The maximum Gasteiger partial charge on any atom is 0.356 e. The normalized spacial score (nSPS) is 10.4. The van der Waals surface area contributed by atoms with E-state index in [1.165, 1.54) is 0 Å². The van der Waals surface area contributed by atoms with Crippen molar-refractivity contribution in [3.63, 3.8) is 0 Å². The quantitative estimate of drug-likeness (QED) is 0.605. The van der Waals surface area contributed by atoms with Crippen molar-refractivity contribution in [2.45, 2.75) is 13.8 Å². The average molecular weight is 363 g/mol. The van der Waals surface area contributed by atoms with Gasteiger partial charge in [-0.3, -0.25) is 0 Å². The first-order chi connectivity index (χ1) is 13.2. The molecular weight excluding hydrogens is 342 g/mol. The van der Waals surface area contributed by atoms with Gasteiger partial charge in [-0.15, -0.1) is 0 Å². The third-order valence-electron chi connectivity index (χ3n) is 4.07. The van der Waals surface area contributed by atoms with E-state index in [4.69, 9.17) is 9.47 Å². The van der Waals surface area contributed by atoms with Gasteiger partial charge in [0.1, 0.15) is 11.3 Å². The van der Waals surface area contributed by atoms with E-state index in [1.54, 1.807) is 24.6 Å². The molecule has 0 aliphatic rings. The predicted octanol–water partition coefficient (Wildman–Crippen LogP) is 4.50. The molecule has 0 bridgehead atoms. The number of aromatic nitrogens is 1. The Kier molecular flexibility index (Phi) is 5.71. The second-order valence-corrected chi connectivity index (χ2v) is 5.78. The minimum absolute atomic E-state index is 0.167. The smallest absolute Gasteiger partial charge is 0.356 e. The summed E-state index contributed by atoms with van der Waals surface area (Å²) in [6.07, 6.45) is 1.78. The van der Waals surface area contributed by atoms with Gasteiger partial charge in [0.2, 0.25) is 0 Å². The van der Waals surface area contributed by atoms with Gasteiger partial charge in [-0.05, 0) is 31.5 Å². The molecular formula is C22H21NO4. The summed E-state index contributed by atoms with van der Waals surface area (Å²) in [6, 6.07) is 18.8. The number of esters is 2. The summed E-state index contributed by atoms with van der Waals surface area (Å²) in [6.45, 7) is 3.89. The standard InChI is InChI=1S/C22H21NO4/c1-3-26-21(24)19-18(16-11-7-5-8-12-16)15-23(17-13-9-6-10-14-17)20(19)22(25)27-4-2/h5-15H,3-4H2,1-2H3. The lowest BCUT2D eigenvalue weighted by Crippen LogP contribution is -2.17. The van der Waals surface area contributed by atoms with Crippen LogP contribution >= 0.6 is 0 Å². The number of carbonyl (C=O) groups is 2. The van der Waals surface area contributed by atoms with Crippen molar-refractivity contribution < 1.29 is 19.1 Å². The molecule has 0 spiro atoms. The second-order valence-electron chi connectivity index (χ2n) is 5.78. The van der Waals surface area contributed by atoms with E-state index in [0.717, 1.165) is 11.3 Å². The maximum atomic E-state index is 12.8. The Labute approximate surface area is 158 Å². The molecule has 0 saturated heterocycles. The van der Waals surface area contributed by atoms with Crippen molar-refractivity contribution >= 4 is 11.9 Å². The lowest BCUT2D eigenvalue weighted by molar-refractivity contribution is 0.0473. The van der Waals surface area contributed by atoms with Gasteiger partial charge in [-0.2, -0.15) is 0 Å². The first-order valence-corrected chi connectivity index (χ1v) is 8.87. The van der Waals surface area contributed by atoms with Gasteiger partial charge in [-0.25, -0.2) is 9.59 Å². The van der Waals surface area contributed by atoms with Crippen molar-refractivity contribution in [3.8, 4) is 16.8 Å². The number of ether oxygens (including phenoxy) is 2. The highest BCUT2D eigenvalue weighted by molar-refractivity contribution is 6.08. The van der Waals surface area contributed by atoms with Gasteiger partial charge in [0.15, 0.2) is 0 Å². The van der Waals surface area contributed by atoms with E-state index in [0.29, 0.717) is 5.56 Å². The highest BCUT2D eigenvalue weighted by atomic mass is 16.5. The molecule has 1 aromatic heterocycles. The largest absolute Gasteiger partial charge is 0.462 e. The van der Waals surface area contributed by atoms with Crippen LogP contribution in [0.3, 0.4) is 0 Å². The molecule has 0 fully saturated rings. The van der Waals surface area contributed by atoms with Gasteiger partial charge in [0, 0.05) is 17.4 Å². The molecule has 0 unspecified atom stereocenters. The lowest BCUT2D eigenvalue weighted by Gasteiger charge is -2.10. The zero-order valence-corrected chi connectivity index (χ0v) is 15.3. The molecule has 2 aromatic carbocycles. The van der Waals surface area contributed by atoms with Crippen LogP contribution in [0.25, 0.3) is 16.8 Å². The maximum absolute atomic E-state index is 12.8. The van der Waals surface area contributed by atoms with Crippen LogP contribution in [0.4, 0.5) is 0 Å². The highest BCUT2D eigenvalue weighted by Crippen LogP contribution is 2.32. The third kappa shape index (κ3) is 3.77. The van der Waals surface area contributed by atoms with Gasteiger partial charge in [0.25, 0.3) is 0 Å². The Balaban J connectivity index is 2.30. The SMILES string of the molecule is CCOC(=O)c1c(-c2ccccc2)cn(-c2ccccc2)c1C(=O)OCC. The molecule has 5 nitrogen and oxygen atoms in total. The molecule has 0 aliphatic carbocycles. The van der Waals surface area contributed by atoms with Crippen molar-refractivity contribution in [3.05, 3.63) is 78.1 Å². The molecule has 3 rings (SSSR count). The molecule has 0 N–H and O–H groups in total. The third-order valence-corrected chi connectivity index (χ3v) is 4.07. The zero-order valence-electron chi connectivity index (χ0n) is 15.3. The van der Waals surface area contributed by atoms with Crippen LogP contribution in [0.2, 0.25) is 0 Å². The van der Waals surface area contributed by atoms with Crippen LogP contribution < -0.4 is 0 Å². The topological polar surface area (TPSA) is 57.5 Å². The molecule has 138 valence electrons. The number of benzene rings is 2. The molecule has 1 heterocycles. The number of rotatable bonds is 6. The first kappa shape index (κ1) is 18.5.